The number of ether oxygens (including phenoxy) is 1. The summed E-state index contributed by atoms with van der Waals surface area (Å²) in [6, 6.07) is 16.9. The molecule has 5 nitrogen and oxygen atoms in total. The molecule has 4 rings (SSSR count). The third-order valence-corrected chi connectivity index (χ3v) is 4.41. The molecule has 0 bridgehead atoms. The minimum absolute atomic E-state index is 0.204. The number of rotatable bonds is 5. The number of imidazole rings is 1. The van der Waals surface area contributed by atoms with Crippen molar-refractivity contribution in [3.63, 3.8) is 0 Å². The number of benzene rings is 2. The SMILES string of the molecule is COc1cccc(-c2c(-c3ccccc3)ncn2Cc2cc(C)[nH]n2)c1F. The maximum atomic E-state index is 15.1. The largest absolute Gasteiger partial charge is 0.494 e. The van der Waals surface area contributed by atoms with Gasteiger partial charge in [-0.3, -0.25) is 5.10 Å². The number of hydrogen-bond donors (Lipinski definition) is 1. The zero-order valence-corrected chi connectivity index (χ0v) is 15.1. The van der Waals surface area contributed by atoms with E-state index >= 15 is 4.39 Å². The monoisotopic (exact) mass is 362 g/mol. The van der Waals surface area contributed by atoms with Gasteiger partial charge in [0, 0.05) is 16.8 Å². The van der Waals surface area contributed by atoms with Crippen LogP contribution in [0.15, 0.2) is 60.9 Å². The first-order valence-electron chi connectivity index (χ1n) is 8.61. The van der Waals surface area contributed by atoms with Gasteiger partial charge < -0.3 is 9.30 Å². The minimum Gasteiger partial charge on any atom is -0.494 e. The Hall–Kier alpha value is -3.41. The van der Waals surface area contributed by atoms with E-state index in [0.29, 0.717) is 17.8 Å². The Balaban J connectivity index is 1.90. The number of aromatic amines is 1. The third-order valence-electron chi connectivity index (χ3n) is 4.41. The summed E-state index contributed by atoms with van der Waals surface area (Å²) in [6.07, 6.45) is 1.72. The number of aryl methyl sites for hydroxylation is 1. The summed E-state index contributed by atoms with van der Waals surface area (Å²) in [5.41, 5.74) is 4.61. The molecule has 2 heterocycles. The quantitative estimate of drug-likeness (QED) is 0.571. The standard InChI is InChI=1S/C21H19FN4O/c1-14-11-16(25-24-14)12-26-13-23-20(15-7-4-3-5-8-15)21(26)17-9-6-10-18(27-2)19(17)22/h3-11,13H,12H2,1-2H3,(H,24,25). The highest BCUT2D eigenvalue weighted by molar-refractivity contribution is 5.79. The zero-order valence-electron chi connectivity index (χ0n) is 15.1. The van der Waals surface area contributed by atoms with Gasteiger partial charge in [0.05, 0.1) is 37.1 Å². The van der Waals surface area contributed by atoms with Crippen LogP contribution in [0, 0.1) is 12.7 Å². The van der Waals surface area contributed by atoms with Crippen molar-refractivity contribution in [2.45, 2.75) is 13.5 Å². The summed E-state index contributed by atoms with van der Waals surface area (Å²) in [6.45, 7) is 2.43. The highest BCUT2D eigenvalue weighted by Crippen LogP contribution is 2.35. The van der Waals surface area contributed by atoms with Crippen LogP contribution in [0.25, 0.3) is 22.5 Å². The Morgan fingerprint density at radius 2 is 1.93 bits per heavy atom. The molecule has 0 aliphatic rings. The van der Waals surface area contributed by atoms with Crippen LogP contribution < -0.4 is 4.74 Å². The predicted molar refractivity (Wildman–Crippen MR) is 102 cm³/mol. The average molecular weight is 362 g/mol. The van der Waals surface area contributed by atoms with Crippen LogP contribution in [0.5, 0.6) is 5.75 Å². The Labute approximate surface area is 156 Å². The van der Waals surface area contributed by atoms with Crippen molar-refractivity contribution < 1.29 is 9.13 Å². The summed E-state index contributed by atoms with van der Waals surface area (Å²) in [5.74, 6) is -0.202. The van der Waals surface area contributed by atoms with Crippen LogP contribution in [0.2, 0.25) is 0 Å². The molecule has 0 saturated heterocycles. The van der Waals surface area contributed by atoms with Crippen molar-refractivity contribution in [3.05, 3.63) is 78.1 Å². The molecular weight excluding hydrogens is 343 g/mol. The lowest BCUT2D eigenvalue weighted by atomic mass is 10.0. The van der Waals surface area contributed by atoms with Gasteiger partial charge in [-0.15, -0.1) is 0 Å². The van der Waals surface area contributed by atoms with Gasteiger partial charge in [0.25, 0.3) is 0 Å². The maximum absolute atomic E-state index is 15.1. The molecule has 136 valence electrons. The molecule has 0 fully saturated rings. The fourth-order valence-electron chi connectivity index (χ4n) is 3.17. The summed E-state index contributed by atoms with van der Waals surface area (Å²) in [5, 5.41) is 7.23. The summed E-state index contributed by atoms with van der Waals surface area (Å²) < 4.78 is 22.1. The predicted octanol–water partition coefficient (Wildman–Crippen LogP) is 4.44. The van der Waals surface area contributed by atoms with Crippen LogP contribution in [0.1, 0.15) is 11.4 Å². The summed E-state index contributed by atoms with van der Waals surface area (Å²) in [4.78, 5) is 4.58. The molecule has 27 heavy (non-hydrogen) atoms. The fourth-order valence-corrected chi connectivity index (χ4v) is 3.17. The van der Waals surface area contributed by atoms with E-state index in [9.17, 15) is 0 Å². The van der Waals surface area contributed by atoms with Crippen molar-refractivity contribution in [1.82, 2.24) is 19.7 Å². The normalized spacial score (nSPS) is 10.9. The summed E-state index contributed by atoms with van der Waals surface area (Å²) in [7, 11) is 1.46. The van der Waals surface area contributed by atoms with E-state index < -0.39 is 5.82 Å². The zero-order chi connectivity index (χ0) is 18.8. The molecule has 1 N–H and O–H groups in total. The Morgan fingerprint density at radius 3 is 2.63 bits per heavy atom. The topological polar surface area (TPSA) is 55.7 Å². The second kappa shape index (κ2) is 7.07. The van der Waals surface area contributed by atoms with E-state index in [1.807, 2.05) is 47.9 Å². The molecule has 0 aliphatic heterocycles. The molecule has 0 amide bonds. The molecule has 4 aromatic rings. The van der Waals surface area contributed by atoms with Gasteiger partial charge in [-0.1, -0.05) is 36.4 Å². The number of methoxy groups -OCH3 is 1. The third kappa shape index (κ3) is 3.21. The molecule has 0 unspecified atom stereocenters. The van der Waals surface area contributed by atoms with Crippen LogP contribution in [0.4, 0.5) is 4.39 Å². The van der Waals surface area contributed by atoms with E-state index in [2.05, 4.69) is 15.2 Å². The van der Waals surface area contributed by atoms with Crippen molar-refractivity contribution in [3.8, 4) is 28.3 Å². The smallest absolute Gasteiger partial charge is 0.174 e. The maximum Gasteiger partial charge on any atom is 0.174 e. The molecule has 2 aromatic heterocycles. The van der Waals surface area contributed by atoms with Crippen molar-refractivity contribution in [1.29, 1.82) is 0 Å². The van der Waals surface area contributed by atoms with Gasteiger partial charge in [0.1, 0.15) is 0 Å². The highest BCUT2D eigenvalue weighted by atomic mass is 19.1. The molecule has 0 spiro atoms. The highest BCUT2D eigenvalue weighted by Gasteiger charge is 2.20. The van der Waals surface area contributed by atoms with E-state index in [0.717, 1.165) is 22.6 Å². The minimum atomic E-state index is -0.405. The van der Waals surface area contributed by atoms with E-state index in [1.54, 1.807) is 24.5 Å². The molecule has 0 radical (unpaired) electrons. The van der Waals surface area contributed by atoms with Crippen LogP contribution in [-0.4, -0.2) is 26.9 Å². The average Bonchev–Trinajstić information content (AvgIpc) is 3.29. The lowest BCUT2D eigenvalue weighted by Crippen LogP contribution is -2.03. The van der Waals surface area contributed by atoms with E-state index in [-0.39, 0.29) is 5.75 Å². The van der Waals surface area contributed by atoms with Gasteiger partial charge in [-0.25, -0.2) is 9.37 Å². The lowest BCUT2D eigenvalue weighted by molar-refractivity contribution is 0.387. The van der Waals surface area contributed by atoms with Crippen LogP contribution in [0.3, 0.4) is 0 Å². The molecule has 0 atom stereocenters. The van der Waals surface area contributed by atoms with Gasteiger partial charge >= 0.3 is 0 Å². The number of aromatic nitrogens is 4. The Kier molecular flexibility index (Phi) is 4.46. The number of halogens is 1. The molecule has 2 aromatic carbocycles. The first kappa shape index (κ1) is 17.0. The number of H-pyrrole nitrogens is 1. The van der Waals surface area contributed by atoms with E-state index in [4.69, 9.17) is 4.74 Å². The molecular formula is C21H19FN4O. The molecule has 0 saturated carbocycles. The molecule has 6 heteroatoms. The van der Waals surface area contributed by atoms with Crippen molar-refractivity contribution >= 4 is 0 Å². The first-order valence-corrected chi connectivity index (χ1v) is 8.61. The van der Waals surface area contributed by atoms with Crippen LogP contribution >= 0.6 is 0 Å². The first-order chi connectivity index (χ1) is 13.2. The Morgan fingerprint density at radius 1 is 1.11 bits per heavy atom. The van der Waals surface area contributed by atoms with E-state index in [1.165, 1.54) is 7.11 Å². The second-order valence-electron chi connectivity index (χ2n) is 6.30. The lowest BCUT2D eigenvalue weighted by Gasteiger charge is -2.12. The van der Waals surface area contributed by atoms with Crippen molar-refractivity contribution in [2.24, 2.45) is 0 Å². The number of nitrogens with one attached hydrogen (secondary N) is 1. The second-order valence-corrected chi connectivity index (χ2v) is 6.30. The van der Waals surface area contributed by atoms with Crippen LogP contribution in [-0.2, 0) is 6.54 Å². The Bertz CT molecular complexity index is 1070. The van der Waals surface area contributed by atoms with Gasteiger partial charge in [0.15, 0.2) is 11.6 Å². The van der Waals surface area contributed by atoms with Gasteiger partial charge in [-0.05, 0) is 25.1 Å². The van der Waals surface area contributed by atoms with Crippen molar-refractivity contribution in [2.75, 3.05) is 7.11 Å². The number of hydrogen-bond acceptors (Lipinski definition) is 3. The molecule has 0 aliphatic carbocycles. The summed E-state index contributed by atoms with van der Waals surface area (Å²) >= 11 is 0. The number of nitrogens with zero attached hydrogens (tertiary/aromatic N) is 3. The fraction of sp³-hybridized carbons (Fsp3) is 0.143. The van der Waals surface area contributed by atoms with Gasteiger partial charge in [-0.2, -0.15) is 5.10 Å². The van der Waals surface area contributed by atoms with Gasteiger partial charge in [0.2, 0.25) is 0 Å².